The fourth-order valence-electron chi connectivity index (χ4n) is 3.94. The number of carbonyl (C=O) groups is 1. The third-order valence-electron chi connectivity index (χ3n) is 5.04. The molecule has 0 aromatic heterocycles. The molecule has 3 heteroatoms. The zero-order valence-electron chi connectivity index (χ0n) is 14.1. The summed E-state index contributed by atoms with van der Waals surface area (Å²) in [6.07, 6.45) is 6.87. The molecule has 0 unspecified atom stereocenters. The maximum Gasteiger partial charge on any atom is 0.248 e. The Kier molecular flexibility index (Phi) is 4.62. The Morgan fingerprint density at radius 1 is 1.33 bits per heavy atom. The minimum Gasteiger partial charge on any atom is -0.351 e. The Hall–Kier alpha value is -1.09. The third kappa shape index (κ3) is 3.08. The normalized spacial score (nSPS) is 34.8. The van der Waals surface area contributed by atoms with Crippen molar-refractivity contribution in [3.8, 4) is 0 Å². The second-order valence-corrected chi connectivity index (χ2v) is 7.40. The van der Waals surface area contributed by atoms with Gasteiger partial charge in [-0.3, -0.25) is 4.79 Å². The highest BCUT2D eigenvalue weighted by atomic mass is 16.5. The van der Waals surface area contributed by atoms with Crippen LogP contribution in [0.4, 0.5) is 0 Å². The van der Waals surface area contributed by atoms with Gasteiger partial charge in [-0.15, -0.1) is 0 Å². The largest absolute Gasteiger partial charge is 0.351 e. The second-order valence-electron chi connectivity index (χ2n) is 7.40. The molecule has 2 aliphatic rings. The van der Waals surface area contributed by atoms with E-state index in [1.165, 1.54) is 18.1 Å². The summed E-state index contributed by atoms with van der Waals surface area (Å²) < 4.78 is 6.32. The molecule has 1 saturated heterocycles. The highest BCUT2D eigenvalue weighted by Crippen LogP contribution is 2.45. The van der Waals surface area contributed by atoms with Crippen LogP contribution in [-0.2, 0) is 9.53 Å². The summed E-state index contributed by atoms with van der Waals surface area (Å²) >= 11 is 0. The van der Waals surface area contributed by atoms with Crippen LogP contribution in [0.25, 0.3) is 0 Å². The predicted octanol–water partition coefficient (Wildman–Crippen LogP) is 3.91. The van der Waals surface area contributed by atoms with Crippen molar-refractivity contribution in [2.75, 3.05) is 0 Å². The molecule has 2 fully saturated rings. The zero-order chi connectivity index (χ0) is 15.8. The maximum atomic E-state index is 12.4. The van der Waals surface area contributed by atoms with Crippen LogP contribution < -0.4 is 0 Å². The van der Waals surface area contributed by atoms with Crippen molar-refractivity contribution in [1.29, 1.82) is 0 Å². The summed E-state index contributed by atoms with van der Waals surface area (Å²) in [5, 5.41) is 0. The van der Waals surface area contributed by atoms with E-state index in [1.54, 1.807) is 0 Å². The molecule has 1 aliphatic carbocycles. The molecular formula is C18H29NO2. The zero-order valence-corrected chi connectivity index (χ0v) is 14.1. The maximum absolute atomic E-state index is 12.4. The van der Waals surface area contributed by atoms with Gasteiger partial charge in [-0.2, -0.15) is 0 Å². The summed E-state index contributed by atoms with van der Waals surface area (Å²) in [7, 11) is 0. The lowest BCUT2D eigenvalue weighted by Crippen LogP contribution is -2.65. The van der Waals surface area contributed by atoms with Gasteiger partial charge in [0.2, 0.25) is 5.91 Å². The molecule has 0 bridgehead atoms. The van der Waals surface area contributed by atoms with E-state index in [9.17, 15) is 4.79 Å². The minimum absolute atomic E-state index is 0.0421. The molecule has 1 aliphatic heterocycles. The average molecular weight is 291 g/mol. The molecule has 3 nitrogen and oxygen atoms in total. The van der Waals surface area contributed by atoms with Crippen LogP contribution in [0.15, 0.2) is 24.3 Å². The summed E-state index contributed by atoms with van der Waals surface area (Å²) in [6.45, 7) is 14.4. The molecule has 0 N–H and O–H groups in total. The standard InChI is InChI=1S/C18H29NO2/c1-7-16(20)19-17(10-12(2)3)21-15-11-13(4)8-9-14(15)18(19,5)6/h7,10,13-15,17H,1,8-9,11H2,2-6H3/t13-,14-,15-,17+/m1/s1. The van der Waals surface area contributed by atoms with Gasteiger partial charge in [0.25, 0.3) is 0 Å². The van der Waals surface area contributed by atoms with Gasteiger partial charge in [-0.25, -0.2) is 0 Å². The van der Waals surface area contributed by atoms with Crippen LogP contribution >= 0.6 is 0 Å². The minimum atomic E-state index is -0.276. The molecule has 21 heavy (non-hydrogen) atoms. The van der Waals surface area contributed by atoms with Crippen molar-refractivity contribution in [1.82, 2.24) is 4.90 Å². The first-order valence-electron chi connectivity index (χ1n) is 8.03. The van der Waals surface area contributed by atoms with E-state index in [0.717, 1.165) is 12.8 Å². The number of nitrogens with zero attached hydrogens (tertiary/aromatic N) is 1. The number of hydrogen-bond acceptors (Lipinski definition) is 2. The van der Waals surface area contributed by atoms with Gasteiger partial charge in [-0.1, -0.05) is 25.5 Å². The number of allylic oxidation sites excluding steroid dienone is 1. The van der Waals surface area contributed by atoms with Crippen molar-refractivity contribution in [3.05, 3.63) is 24.3 Å². The van der Waals surface area contributed by atoms with Crippen molar-refractivity contribution in [2.24, 2.45) is 11.8 Å². The molecular weight excluding hydrogens is 262 g/mol. The van der Waals surface area contributed by atoms with E-state index in [-0.39, 0.29) is 23.8 Å². The smallest absolute Gasteiger partial charge is 0.248 e. The fraction of sp³-hybridized carbons (Fsp3) is 0.722. The quantitative estimate of drug-likeness (QED) is 0.570. The van der Waals surface area contributed by atoms with Crippen LogP contribution in [0.5, 0.6) is 0 Å². The van der Waals surface area contributed by atoms with E-state index in [0.29, 0.717) is 11.8 Å². The van der Waals surface area contributed by atoms with Crippen LogP contribution in [0.2, 0.25) is 0 Å². The second kappa shape index (κ2) is 5.96. The first-order valence-corrected chi connectivity index (χ1v) is 8.03. The predicted molar refractivity (Wildman–Crippen MR) is 85.7 cm³/mol. The molecule has 2 rings (SSSR count). The number of hydrogen-bond donors (Lipinski definition) is 0. The molecule has 0 radical (unpaired) electrons. The van der Waals surface area contributed by atoms with Gasteiger partial charge in [0.05, 0.1) is 6.10 Å². The van der Waals surface area contributed by atoms with Gasteiger partial charge in [0.15, 0.2) is 6.23 Å². The first-order chi connectivity index (χ1) is 9.77. The SMILES string of the molecule is C=CC(=O)N1[C@H](C=C(C)C)O[C@@H]2C[C@H](C)CC[C@H]2C1(C)C. The van der Waals surface area contributed by atoms with E-state index in [2.05, 4.69) is 33.4 Å². The average Bonchev–Trinajstić information content (AvgIpc) is 2.36. The van der Waals surface area contributed by atoms with Crippen molar-refractivity contribution in [3.63, 3.8) is 0 Å². The number of amides is 1. The number of rotatable bonds is 2. The van der Waals surface area contributed by atoms with Gasteiger partial charge in [0, 0.05) is 11.5 Å². The molecule has 118 valence electrons. The Bertz CT molecular complexity index is 448. The first kappa shape index (κ1) is 16.3. The highest BCUT2D eigenvalue weighted by Gasteiger charge is 2.51. The summed E-state index contributed by atoms with van der Waals surface area (Å²) in [4.78, 5) is 14.3. The van der Waals surface area contributed by atoms with Crippen molar-refractivity contribution < 1.29 is 9.53 Å². The van der Waals surface area contributed by atoms with Crippen LogP contribution in [-0.4, -0.2) is 28.7 Å². The molecule has 4 atom stereocenters. The highest BCUT2D eigenvalue weighted by molar-refractivity contribution is 5.88. The van der Waals surface area contributed by atoms with Crippen LogP contribution in [0, 0.1) is 11.8 Å². The number of fused-ring (bicyclic) bond motifs is 1. The summed E-state index contributed by atoms with van der Waals surface area (Å²) in [6, 6.07) is 0. The van der Waals surface area contributed by atoms with E-state index < -0.39 is 0 Å². The lowest BCUT2D eigenvalue weighted by Gasteiger charge is -2.56. The Morgan fingerprint density at radius 3 is 2.57 bits per heavy atom. The summed E-state index contributed by atoms with van der Waals surface area (Å²) in [5.41, 5.74) is 0.963. The molecule has 1 heterocycles. The van der Waals surface area contributed by atoms with Crippen molar-refractivity contribution >= 4 is 5.91 Å². The van der Waals surface area contributed by atoms with E-state index in [1.807, 2.05) is 18.7 Å². The Labute approximate surface area is 129 Å². The van der Waals surface area contributed by atoms with E-state index in [4.69, 9.17) is 4.74 Å². The van der Waals surface area contributed by atoms with Gasteiger partial charge in [-0.05, 0) is 58.6 Å². The van der Waals surface area contributed by atoms with Crippen molar-refractivity contribution in [2.45, 2.75) is 71.8 Å². The number of ether oxygens (including phenoxy) is 1. The molecule has 0 aromatic carbocycles. The third-order valence-corrected chi connectivity index (χ3v) is 5.04. The topological polar surface area (TPSA) is 29.5 Å². The van der Waals surface area contributed by atoms with Crippen LogP contribution in [0.3, 0.4) is 0 Å². The Balaban J connectivity index is 2.38. The number of carbonyl (C=O) groups excluding carboxylic acids is 1. The summed E-state index contributed by atoms with van der Waals surface area (Å²) in [5.74, 6) is 1.06. The molecule has 1 saturated carbocycles. The monoisotopic (exact) mass is 291 g/mol. The van der Waals surface area contributed by atoms with Gasteiger partial charge in [0.1, 0.15) is 0 Å². The fourth-order valence-corrected chi connectivity index (χ4v) is 3.94. The molecule has 0 spiro atoms. The molecule has 0 aromatic rings. The van der Waals surface area contributed by atoms with Crippen LogP contribution in [0.1, 0.15) is 53.9 Å². The Morgan fingerprint density at radius 2 is 2.00 bits per heavy atom. The van der Waals surface area contributed by atoms with E-state index >= 15 is 0 Å². The lowest BCUT2D eigenvalue weighted by molar-refractivity contribution is -0.213. The molecule has 1 amide bonds. The lowest BCUT2D eigenvalue weighted by atomic mass is 9.69. The van der Waals surface area contributed by atoms with Gasteiger partial charge < -0.3 is 9.64 Å². The van der Waals surface area contributed by atoms with Gasteiger partial charge >= 0.3 is 0 Å².